The summed E-state index contributed by atoms with van der Waals surface area (Å²) >= 11 is 3.00. The van der Waals surface area contributed by atoms with Crippen molar-refractivity contribution in [1.29, 1.82) is 10.5 Å². The van der Waals surface area contributed by atoms with Crippen molar-refractivity contribution in [2.45, 2.75) is 12.4 Å². The van der Waals surface area contributed by atoms with Crippen LogP contribution in [0.4, 0.5) is 30.5 Å². The van der Waals surface area contributed by atoms with Gasteiger partial charge in [0, 0.05) is 5.56 Å². The standard InChI is InChI=1S/C16H10BrF3N8O/c17-8-2-1-6(3-9(8)29-16(18,19)20)12-10-11(23)7(4-21)13(24)27-14(10)28-15(26-12)25-5-22/h1-3,12H,(H6,23,24,25,26,27,28). The van der Waals surface area contributed by atoms with Crippen molar-refractivity contribution >= 4 is 39.2 Å². The largest absolute Gasteiger partial charge is 0.573 e. The van der Waals surface area contributed by atoms with Crippen LogP contribution in [0.3, 0.4) is 0 Å². The fourth-order valence-corrected chi connectivity index (χ4v) is 3.04. The SMILES string of the molecule is N#CNC1=NC(c2ccc(Br)c(OC(F)(F)F)c2)c2c(nc(N)c(C#N)c2N)N1. The number of nitriles is 2. The number of nitrogens with zero attached hydrogens (tertiary/aromatic N) is 4. The molecule has 1 atom stereocenters. The maximum absolute atomic E-state index is 12.7. The Morgan fingerprint density at radius 2 is 2.00 bits per heavy atom. The van der Waals surface area contributed by atoms with Crippen molar-refractivity contribution in [2.24, 2.45) is 4.99 Å². The Bertz CT molecular complexity index is 1100. The van der Waals surface area contributed by atoms with Gasteiger partial charge in [0.15, 0.2) is 6.19 Å². The van der Waals surface area contributed by atoms with E-state index in [-0.39, 0.29) is 44.4 Å². The van der Waals surface area contributed by atoms with E-state index < -0.39 is 18.2 Å². The molecule has 0 saturated heterocycles. The number of guanidine groups is 1. The summed E-state index contributed by atoms with van der Waals surface area (Å²) in [5.41, 5.74) is 12.2. The number of rotatable bonds is 2. The Hall–Kier alpha value is -3.71. The molecule has 1 aromatic carbocycles. The Morgan fingerprint density at radius 3 is 2.62 bits per heavy atom. The molecule has 1 unspecified atom stereocenters. The average molecular weight is 467 g/mol. The second-order valence-corrected chi connectivity index (χ2v) is 6.49. The maximum Gasteiger partial charge on any atom is 0.573 e. The third-order valence-electron chi connectivity index (χ3n) is 3.85. The van der Waals surface area contributed by atoms with Gasteiger partial charge in [-0.3, -0.25) is 5.32 Å². The molecule has 29 heavy (non-hydrogen) atoms. The number of hydrogen-bond donors (Lipinski definition) is 4. The lowest BCUT2D eigenvalue weighted by Crippen LogP contribution is -2.32. The zero-order valence-electron chi connectivity index (χ0n) is 14.2. The first-order chi connectivity index (χ1) is 13.6. The highest BCUT2D eigenvalue weighted by Gasteiger charge is 2.34. The van der Waals surface area contributed by atoms with Crippen LogP contribution >= 0.6 is 15.9 Å². The summed E-state index contributed by atoms with van der Waals surface area (Å²) in [6.45, 7) is 0. The molecular weight excluding hydrogens is 457 g/mol. The summed E-state index contributed by atoms with van der Waals surface area (Å²) in [4.78, 5) is 8.33. The number of alkyl halides is 3. The first kappa shape index (κ1) is 20.0. The average Bonchev–Trinajstić information content (AvgIpc) is 2.62. The zero-order chi connectivity index (χ0) is 21.3. The zero-order valence-corrected chi connectivity index (χ0v) is 15.8. The van der Waals surface area contributed by atoms with Gasteiger partial charge in [0.25, 0.3) is 0 Å². The van der Waals surface area contributed by atoms with Gasteiger partial charge in [-0.15, -0.1) is 13.2 Å². The van der Waals surface area contributed by atoms with Gasteiger partial charge >= 0.3 is 6.36 Å². The molecular formula is C16H10BrF3N8O. The molecule has 0 radical (unpaired) electrons. The van der Waals surface area contributed by atoms with E-state index in [2.05, 4.69) is 41.3 Å². The lowest BCUT2D eigenvalue weighted by Gasteiger charge is -2.26. The molecule has 0 saturated carbocycles. The van der Waals surface area contributed by atoms with Crippen molar-refractivity contribution in [3.8, 4) is 18.0 Å². The summed E-state index contributed by atoms with van der Waals surface area (Å²) < 4.78 is 42.2. The summed E-state index contributed by atoms with van der Waals surface area (Å²) in [7, 11) is 0. The Morgan fingerprint density at radius 1 is 1.28 bits per heavy atom. The van der Waals surface area contributed by atoms with Crippen LogP contribution in [0.2, 0.25) is 0 Å². The van der Waals surface area contributed by atoms with Crippen molar-refractivity contribution in [2.75, 3.05) is 16.8 Å². The molecule has 2 heterocycles. The number of anilines is 3. The highest BCUT2D eigenvalue weighted by Crippen LogP contribution is 2.42. The van der Waals surface area contributed by atoms with Crippen molar-refractivity contribution in [3.05, 3.63) is 39.4 Å². The van der Waals surface area contributed by atoms with Crippen LogP contribution in [0.25, 0.3) is 0 Å². The minimum Gasteiger partial charge on any atom is -0.405 e. The minimum atomic E-state index is -4.91. The second-order valence-electron chi connectivity index (χ2n) is 5.64. The van der Waals surface area contributed by atoms with Crippen molar-refractivity contribution in [1.82, 2.24) is 10.3 Å². The molecule has 0 fully saturated rings. The number of ether oxygens (including phenoxy) is 1. The fourth-order valence-electron chi connectivity index (χ4n) is 2.72. The Balaban J connectivity index is 2.20. The number of hydrogen-bond acceptors (Lipinski definition) is 9. The molecule has 1 aliphatic heterocycles. The molecule has 0 bridgehead atoms. The summed E-state index contributed by atoms with van der Waals surface area (Å²) in [5.74, 6) is -0.562. The van der Waals surface area contributed by atoms with Crippen LogP contribution in [0.5, 0.6) is 5.75 Å². The number of aliphatic imine (C=N–C) groups is 1. The van der Waals surface area contributed by atoms with Crippen LogP contribution < -0.4 is 26.8 Å². The number of nitrogens with two attached hydrogens (primary N) is 2. The predicted molar refractivity (Wildman–Crippen MR) is 100 cm³/mol. The number of halogens is 4. The lowest BCUT2D eigenvalue weighted by molar-refractivity contribution is -0.274. The van der Waals surface area contributed by atoms with E-state index in [0.29, 0.717) is 0 Å². The number of pyridine rings is 1. The highest BCUT2D eigenvalue weighted by molar-refractivity contribution is 9.10. The Labute approximate surface area is 169 Å². The van der Waals surface area contributed by atoms with Gasteiger partial charge in [-0.1, -0.05) is 6.07 Å². The number of nitrogens with one attached hydrogen (secondary N) is 2. The van der Waals surface area contributed by atoms with E-state index >= 15 is 0 Å². The monoisotopic (exact) mass is 466 g/mol. The van der Waals surface area contributed by atoms with E-state index in [9.17, 15) is 18.4 Å². The third-order valence-corrected chi connectivity index (χ3v) is 4.51. The van der Waals surface area contributed by atoms with E-state index in [4.69, 9.17) is 16.7 Å². The molecule has 2 aromatic rings. The first-order valence-corrected chi connectivity index (χ1v) is 8.48. The van der Waals surface area contributed by atoms with Crippen molar-refractivity contribution in [3.63, 3.8) is 0 Å². The normalized spacial score (nSPS) is 15.2. The molecule has 0 aliphatic carbocycles. The predicted octanol–water partition coefficient (Wildman–Crippen LogP) is 2.72. The molecule has 3 rings (SSSR count). The van der Waals surface area contributed by atoms with Gasteiger partial charge in [-0.2, -0.15) is 10.5 Å². The van der Waals surface area contributed by atoms with Crippen LogP contribution in [0.15, 0.2) is 27.7 Å². The van der Waals surface area contributed by atoms with Crippen LogP contribution in [-0.2, 0) is 0 Å². The molecule has 13 heteroatoms. The molecule has 6 N–H and O–H groups in total. The fraction of sp³-hybridized carbons (Fsp3) is 0.125. The highest BCUT2D eigenvalue weighted by atomic mass is 79.9. The summed E-state index contributed by atoms with van der Waals surface area (Å²) in [6.07, 6.45) is -3.23. The molecule has 1 aromatic heterocycles. The number of aromatic nitrogens is 1. The maximum atomic E-state index is 12.7. The summed E-state index contributed by atoms with van der Waals surface area (Å²) in [5, 5.41) is 23.2. The van der Waals surface area contributed by atoms with E-state index in [1.54, 1.807) is 6.19 Å². The van der Waals surface area contributed by atoms with Crippen molar-refractivity contribution < 1.29 is 17.9 Å². The van der Waals surface area contributed by atoms with Crippen LogP contribution in [0, 0.1) is 22.8 Å². The van der Waals surface area contributed by atoms with Gasteiger partial charge < -0.3 is 21.5 Å². The molecule has 0 spiro atoms. The second kappa shape index (κ2) is 7.37. The number of fused-ring (bicyclic) bond motifs is 1. The Kier molecular flexibility index (Phi) is 5.09. The van der Waals surface area contributed by atoms with Crippen LogP contribution in [-0.4, -0.2) is 17.3 Å². The summed E-state index contributed by atoms with van der Waals surface area (Å²) in [6, 6.07) is 4.79. The van der Waals surface area contributed by atoms with Gasteiger partial charge in [0.05, 0.1) is 10.2 Å². The van der Waals surface area contributed by atoms with Gasteiger partial charge in [0.1, 0.15) is 35.1 Å². The van der Waals surface area contributed by atoms with E-state index in [1.165, 1.54) is 12.1 Å². The van der Waals surface area contributed by atoms with Gasteiger partial charge in [0.2, 0.25) is 5.96 Å². The first-order valence-electron chi connectivity index (χ1n) is 7.68. The number of benzene rings is 1. The molecule has 148 valence electrons. The van der Waals surface area contributed by atoms with Gasteiger partial charge in [-0.05, 0) is 33.6 Å². The lowest BCUT2D eigenvalue weighted by atomic mass is 9.95. The quantitative estimate of drug-likeness (QED) is 0.388. The molecule has 9 nitrogen and oxygen atoms in total. The molecule has 1 aliphatic rings. The smallest absolute Gasteiger partial charge is 0.405 e. The minimum absolute atomic E-state index is 0.0257. The van der Waals surface area contributed by atoms with Crippen LogP contribution in [0.1, 0.15) is 22.7 Å². The number of nitrogen functional groups attached to an aromatic ring is 2. The topological polar surface area (TPSA) is 158 Å². The van der Waals surface area contributed by atoms with E-state index in [1.807, 2.05) is 6.07 Å². The third kappa shape index (κ3) is 3.95. The molecule has 0 amide bonds. The van der Waals surface area contributed by atoms with E-state index in [0.717, 1.165) is 6.07 Å². The van der Waals surface area contributed by atoms with Gasteiger partial charge in [-0.25, -0.2) is 9.98 Å².